The summed E-state index contributed by atoms with van der Waals surface area (Å²) in [5.41, 5.74) is -2.78. The average molecular weight is 444 g/mol. The van der Waals surface area contributed by atoms with Crippen LogP contribution in [-0.4, -0.2) is 63.1 Å². The summed E-state index contributed by atoms with van der Waals surface area (Å²) < 4.78 is 57.2. The Morgan fingerprint density at radius 2 is 1.97 bits per heavy atom. The van der Waals surface area contributed by atoms with E-state index in [1.807, 2.05) is 0 Å². The van der Waals surface area contributed by atoms with Crippen LogP contribution >= 0.6 is 11.8 Å². The van der Waals surface area contributed by atoms with Crippen molar-refractivity contribution in [3.8, 4) is 17.0 Å². The highest BCUT2D eigenvalue weighted by Crippen LogP contribution is 2.34. The maximum absolute atomic E-state index is 13.2. The fourth-order valence-electron chi connectivity index (χ4n) is 2.67. The molecule has 1 aliphatic rings. The van der Waals surface area contributed by atoms with Crippen LogP contribution < -0.4 is 4.74 Å². The van der Waals surface area contributed by atoms with Crippen molar-refractivity contribution in [3.05, 3.63) is 36.5 Å². The molecule has 2 aromatic rings. The third-order valence-electron chi connectivity index (χ3n) is 4.22. The van der Waals surface area contributed by atoms with E-state index in [1.54, 1.807) is 30.3 Å². The number of halogens is 4. The molecule has 0 unspecified atom stereocenters. The van der Waals surface area contributed by atoms with Gasteiger partial charge in [0, 0.05) is 18.2 Å². The lowest BCUT2D eigenvalue weighted by molar-refractivity contribution is -0.190. The molecule has 0 fully saturated rings. The molecular formula is C18H16F4N4O3S. The Labute approximate surface area is 172 Å². The molecule has 0 saturated carbocycles. The summed E-state index contributed by atoms with van der Waals surface area (Å²) in [4.78, 5) is 20.6. The number of benzene rings is 1. The first-order chi connectivity index (χ1) is 14.2. The molecule has 1 atom stereocenters. The van der Waals surface area contributed by atoms with Gasteiger partial charge in [-0.3, -0.25) is 4.79 Å². The molecule has 0 saturated heterocycles. The van der Waals surface area contributed by atoms with Gasteiger partial charge >= 0.3 is 0 Å². The van der Waals surface area contributed by atoms with Gasteiger partial charge in [0.25, 0.3) is 18.8 Å². The van der Waals surface area contributed by atoms with Gasteiger partial charge in [-0.15, -0.1) is 0 Å². The van der Waals surface area contributed by atoms with Crippen LogP contribution in [0.4, 0.5) is 17.6 Å². The van der Waals surface area contributed by atoms with Crippen molar-refractivity contribution in [2.75, 3.05) is 12.9 Å². The van der Waals surface area contributed by atoms with Crippen molar-refractivity contribution < 1.29 is 32.2 Å². The van der Waals surface area contributed by atoms with E-state index in [1.165, 1.54) is 13.3 Å². The highest BCUT2D eigenvalue weighted by molar-refractivity contribution is 7.99. The first-order valence-corrected chi connectivity index (χ1v) is 9.52. The number of rotatable bonds is 7. The number of amides is 1. The van der Waals surface area contributed by atoms with Crippen LogP contribution in [0.2, 0.25) is 0 Å². The van der Waals surface area contributed by atoms with E-state index >= 15 is 0 Å². The van der Waals surface area contributed by atoms with Crippen molar-refractivity contribution in [2.45, 2.75) is 30.2 Å². The molecule has 1 aliphatic heterocycles. The molecule has 12 heteroatoms. The number of hydrogen-bond donors (Lipinski definition) is 1. The fraction of sp³-hybridized carbons (Fsp3) is 0.333. The Bertz CT molecular complexity index is 945. The van der Waals surface area contributed by atoms with E-state index in [4.69, 9.17) is 4.74 Å². The Morgan fingerprint density at radius 3 is 2.57 bits per heavy atom. The van der Waals surface area contributed by atoms with Crippen LogP contribution in [0.25, 0.3) is 11.3 Å². The minimum Gasteiger partial charge on any atom is -0.497 e. The predicted octanol–water partition coefficient (Wildman–Crippen LogP) is 3.05. The number of hydrogen-bond acceptors (Lipinski definition) is 7. The van der Waals surface area contributed by atoms with E-state index in [0.29, 0.717) is 11.4 Å². The Kier molecular flexibility index (Phi) is 6.56. The quantitative estimate of drug-likeness (QED) is 0.401. The van der Waals surface area contributed by atoms with Gasteiger partial charge < -0.3 is 9.84 Å². The molecule has 160 valence electrons. The molecule has 3 rings (SSSR count). The van der Waals surface area contributed by atoms with Gasteiger partial charge in [-0.2, -0.15) is 10.1 Å². The monoisotopic (exact) mass is 444 g/mol. The second-order valence-corrected chi connectivity index (χ2v) is 7.14. The third-order valence-corrected chi connectivity index (χ3v) is 5.06. The molecule has 0 radical (unpaired) electrons. The lowest BCUT2D eigenvalue weighted by atomic mass is 10.1. The molecule has 1 aromatic carbocycles. The minimum absolute atomic E-state index is 0.0273. The number of methoxy groups -OCH3 is 1. The predicted molar refractivity (Wildman–Crippen MR) is 101 cm³/mol. The first-order valence-electron chi connectivity index (χ1n) is 8.54. The van der Waals surface area contributed by atoms with E-state index in [0.717, 1.165) is 17.3 Å². The van der Waals surface area contributed by atoms with Crippen molar-refractivity contribution in [2.24, 2.45) is 5.10 Å². The Balaban J connectivity index is 1.72. The summed E-state index contributed by atoms with van der Waals surface area (Å²) in [5, 5.41) is 13.4. The van der Waals surface area contributed by atoms with Gasteiger partial charge in [0.1, 0.15) is 11.5 Å². The number of aromatic nitrogens is 2. The van der Waals surface area contributed by atoms with E-state index in [2.05, 4.69) is 15.1 Å². The SMILES string of the molecule is COc1ccc(-c2ccnc(SCC(=O)N3N=C(C(F)F)C[C@]3(O)C(F)F)n2)cc1. The van der Waals surface area contributed by atoms with Crippen LogP contribution in [-0.2, 0) is 4.79 Å². The average Bonchev–Trinajstić information content (AvgIpc) is 3.12. The maximum Gasteiger partial charge on any atom is 0.287 e. The molecule has 0 bridgehead atoms. The standard InChI is InChI=1S/C18H16F4N4O3S/c1-29-11-4-2-10(3-5-11)12-6-7-23-17(24-12)30-9-14(27)26-18(28,16(21)22)8-13(25-26)15(19)20/h2-7,15-16,28H,8-9H2,1H3/t18-/m0/s1. The molecule has 0 aliphatic carbocycles. The zero-order chi connectivity index (χ0) is 21.9. The van der Waals surface area contributed by atoms with Crippen molar-refractivity contribution in [1.29, 1.82) is 0 Å². The molecule has 1 N–H and O–H groups in total. The summed E-state index contributed by atoms with van der Waals surface area (Å²) in [6.07, 6.45) is -6.30. The Morgan fingerprint density at radius 1 is 1.27 bits per heavy atom. The van der Waals surface area contributed by atoms with Crippen molar-refractivity contribution in [1.82, 2.24) is 15.0 Å². The first kappa shape index (κ1) is 22.0. The number of hydrazone groups is 1. The normalized spacial score (nSPS) is 18.8. The molecule has 1 amide bonds. The van der Waals surface area contributed by atoms with Crippen molar-refractivity contribution >= 4 is 23.4 Å². The van der Waals surface area contributed by atoms with Crippen LogP contribution in [0.15, 0.2) is 46.8 Å². The number of nitrogens with zero attached hydrogens (tertiary/aromatic N) is 4. The van der Waals surface area contributed by atoms with Gasteiger partial charge in [-0.25, -0.2) is 27.5 Å². The number of carbonyl (C=O) groups is 1. The van der Waals surface area contributed by atoms with E-state index in [9.17, 15) is 27.5 Å². The molecule has 0 spiro atoms. The van der Waals surface area contributed by atoms with Crippen LogP contribution in [0.3, 0.4) is 0 Å². The minimum atomic E-state index is -3.47. The maximum atomic E-state index is 13.2. The van der Waals surface area contributed by atoms with Crippen LogP contribution in [0.5, 0.6) is 5.75 Å². The van der Waals surface area contributed by atoms with Crippen LogP contribution in [0.1, 0.15) is 6.42 Å². The molecule has 2 heterocycles. The summed E-state index contributed by atoms with van der Waals surface area (Å²) >= 11 is 0.803. The number of ether oxygens (including phenoxy) is 1. The van der Waals surface area contributed by atoms with Gasteiger partial charge in [-0.05, 0) is 30.3 Å². The lowest BCUT2D eigenvalue weighted by Gasteiger charge is -2.29. The van der Waals surface area contributed by atoms with Crippen LogP contribution in [0, 0.1) is 0 Å². The second-order valence-electron chi connectivity index (χ2n) is 6.20. The molecule has 7 nitrogen and oxygen atoms in total. The van der Waals surface area contributed by atoms with Crippen molar-refractivity contribution in [3.63, 3.8) is 0 Å². The molecule has 1 aromatic heterocycles. The zero-order valence-electron chi connectivity index (χ0n) is 15.5. The van der Waals surface area contributed by atoms with E-state index < -0.39 is 42.4 Å². The number of carbonyl (C=O) groups excluding carboxylic acids is 1. The summed E-state index contributed by atoms with van der Waals surface area (Å²) in [5.74, 6) is -0.896. The van der Waals surface area contributed by atoms with Gasteiger partial charge in [-0.1, -0.05) is 11.8 Å². The summed E-state index contributed by atoms with van der Waals surface area (Å²) in [6.45, 7) is 0. The third kappa shape index (κ3) is 4.54. The second kappa shape index (κ2) is 8.96. The number of thioether (sulfide) groups is 1. The zero-order valence-corrected chi connectivity index (χ0v) is 16.3. The van der Waals surface area contributed by atoms with Gasteiger partial charge in [0.2, 0.25) is 5.72 Å². The summed E-state index contributed by atoms with van der Waals surface area (Å²) in [6, 6.07) is 8.67. The molecular weight excluding hydrogens is 428 g/mol. The lowest BCUT2D eigenvalue weighted by Crippen LogP contribution is -2.52. The largest absolute Gasteiger partial charge is 0.497 e. The highest BCUT2D eigenvalue weighted by Gasteiger charge is 2.53. The van der Waals surface area contributed by atoms with Gasteiger partial charge in [0.15, 0.2) is 5.16 Å². The van der Waals surface area contributed by atoms with Gasteiger partial charge in [0.05, 0.1) is 18.6 Å². The summed E-state index contributed by atoms with van der Waals surface area (Å²) in [7, 11) is 1.54. The topological polar surface area (TPSA) is 87.9 Å². The Hall–Kier alpha value is -2.73. The molecule has 30 heavy (non-hydrogen) atoms. The van der Waals surface area contributed by atoms with E-state index in [-0.39, 0.29) is 10.2 Å². The fourth-order valence-corrected chi connectivity index (χ4v) is 3.35. The number of alkyl halides is 4. The highest BCUT2D eigenvalue weighted by atomic mass is 32.2. The smallest absolute Gasteiger partial charge is 0.287 e. The number of aliphatic hydroxyl groups is 1.